The van der Waals surface area contributed by atoms with Crippen LogP contribution >= 0.6 is 11.8 Å². The van der Waals surface area contributed by atoms with Crippen LogP contribution in [0.4, 0.5) is 0 Å². The van der Waals surface area contributed by atoms with Crippen molar-refractivity contribution in [1.29, 1.82) is 0 Å². The summed E-state index contributed by atoms with van der Waals surface area (Å²) in [5.41, 5.74) is 1.70. The molecule has 0 aromatic heterocycles. The van der Waals surface area contributed by atoms with Crippen molar-refractivity contribution in [3.63, 3.8) is 0 Å². The van der Waals surface area contributed by atoms with Crippen LogP contribution in [0, 0.1) is 19.8 Å². The van der Waals surface area contributed by atoms with Crippen LogP contribution in [-0.2, 0) is 4.79 Å². The Morgan fingerprint density at radius 1 is 1.43 bits per heavy atom. The smallest absolute Gasteiger partial charge is 0.325 e. The third-order valence-corrected chi connectivity index (χ3v) is 5.50. The Bertz CT molecular complexity index is 514. The average Bonchev–Trinajstić information content (AvgIpc) is 3.25. The second kappa shape index (κ2) is 6.84. The number of hydrogen-bond acceptors (Lipinski definition) is 3. The maximum absolute atomic E-state index is 11.9. The molecule has 1 unspecified atom stereocenters. The SMILES string of the molecule is CCCNC(CSc1ccc(C)cc1C)(C(=O)O)C1CC1. The van der Waals surface area contributed by atoms with Crippen LogP contribution in [0.1, 0.15) is 37.3 Å². The molecular weight excluding hydrogens is 282 g/mol. The van der Waals surface area contributed by atoms with Crippen LogP contribution in [0.25, 0.3) is 0 Å². The van der Waals surface area contributed by atoms with Crippen molar-refractivity contribution in [2.75, 3.05) is 12.3 Å². The molecule has 0 aliphatic heterocycles. The lowest BCUT2D eigenvalue weighted by molar-refractivity contribution is -0.144. The maximum Gasteiger partial charge on any atom is 0.325 e. The highest BCUT2D eigenvalue weighted by Crippen LogP contribution is 2.43. The molecule has 2 rings (SSSR count). The second-order valence-corrected chi connectivity index (χ2v) is 7.05. The van der Waals surface area contributed by atoms with Gasteiger partial charge < -0.3 is 10.4 Å². The minimum Gasteiger partial charge on any atom is -0.480 e. The van der Waals surface area contributed by atoms with E-state index in [1.807, 2.05) is 0 Å². The number of aryl methyl sites for hydroxylation is 2. The number of rotatable bonds is 8. The quantitative estimate of drug-likeness (QED) is 0.720. The molecule has 3 nitrogen and oxygen atoms in total. The van der Waals surface area contributed by atoms with E-state index in [1.165, 1.54) is 16.0 Å². The molecule has 21 heavy (non-hydrogen) atoms. The van der Waals surface area contributed by atoms with Crippen LogP contribution < -0.4 is 5.32 Å². The van der Waals surface area contributed by atoms with Gasteiger partial charge in [0.1, 0.15) is 5.54 Å². The van der Waals surface area contributed by atoms with Crippen molar-refractivity contribution in [2.45, 2.75) is 50.5 Å². The molecule has 116 valence electrons. The van der Waals surface area contributed by atoms with Gasteiger partial charge in [0.15, 0.2) is 0 Å². The van der Waals surface area contributed by atoms with E-state index in [0.717, 1.165) is 25.8 Å². The standard InChI is InChI=1S/C17H25NO2S/c1-4-9-18-17(16(19)20,14-6-7-14)11-21-15-8-5-12(2)10-13(15)3/h5,8,10,14,18H,4,6-7,9,11H2,1-3H3,(H,19,20). The number of carboxylic acids is 1. The van der Waals surface area contributed by atoms with E-state index in [2.05, 4.69) is 44.3 Å². The number of aliphatic carboxylic acids is 1. The van der Waals surface area contributed by atoms with Gasteiger partial charge in [0.25, 0.3) is 0 Å². The largest absolute Gasteiger partial charge is 0.480 e. The fraction of sp³-hybridized carbons (Fsp3) is 0.588. The van der Waals surface area contributed by atoms with Crippen LogP contribution in [0.2, 0.25) is 0 Å². The zero-order valence-electron chi connectivity index (χ0n) is 13.1. The Hall–Kier alpha value is -1.00. The molecule has 1 atom stereocenters. The van der Waals surface area contributed by atoms with Gasteiger partial charge in [-0.05, 0) is 57.2 Å². The molecular formula is C17H25NO2S. The van der Waals surface area contributed by atoms with Gasteiger partial charge >= 0.3 is 5.97 Å². The topological polar surface area (TPSA) is 49.3 Å². The van der Waals surface area contributed by atoms with Crippen LogP contribution in [-0.4, -0.2) is 28.9 Å². The van der Waals surface area contributed by atoms with E-state index in [-0.39, 0.29) is 5.92 Å². The normalized spacial score (nSPS) is 17.5. The zero-order valence-corrected chi connectivity index (χ0v) is 13.9. The Kier molecular flexibility index (Phi) is 5.33. The number of carboxylic acid groups (broad SMARTS) is 1. The van der Waals surface area contributed by atoms with Gasteiger partial charge in [-0.15, -0.1) is 11.8 Å². The molecule has 4 heteroatoms. The number of hydrogen-bond donors (Lipinski definition) is 2. The van der Waals surface area contributed by atoms with Gasteiger partial charge in [-0.3, -0.25) is 4.79 Å². The molecule has 0 saturated heterocycles. The van der Waals surface area contributed by atoms with Crippen molar-refractivity contribution >= 4 is 17.7 Å². The first-order valence-electron chi connectivity index (χ1n) is 7.68. The van der Waals surface area contributed by atoms with Crippen molar-refractivity contribution in [1.82, 2.24) is 5.32 Å². The Morgan fingerprint density at radius 3 is 2.67 bits per heavy atom. The summed E-state index contributed by atoms with van der Waals surface area (Å²) in [5.74, 6) is 0.173. The van der Waals surface area contributed by atoms with Crippen molar-refractivity contribution in [3.8, 4) is 0 Å². The first-order valence-corrected chi connectivity index (χ1v) is 8.66. The van der Waals surface area contributed by atoms with Crippen molar-refractivity contribution in [3.05, 3.63) is 29.3 Å². The van der Waals surface area contributed by atoms with E-state index >= 15 is 0 Å². The Morgan fingerprint density at radius 2 is 2.14 bits per heavy atom. The molecule has 1 saturated carbocycles. The van der Waals surface area contributed by atoms with E-state index in [9.17, 15) is 9.90 Å². The molecule has 1 aliphatic carbocycles. The molecule has 0 heterocycles. The highest BCUT2D eigenvalue weighted by molar-refractivity contribution is 7.99. The fourth-order valence-electron chi connectivity index (χ4n) is 2.70. The number of benzene rings is 1. The summed E-state index contributed by atoms with van der Waals surface area (Å²) < 4.78 is 0. The lowest BCUT2D eigenvalue weighted by Gasteiger charge is -2.30. The number of thioether (sulfide) groups is 1. The average molecular weight is 307 g/mol. The summed E-state index contributed by atoms with van der Waals surface area (Å²) in [7, 11) is 0. The summed E-state index contributed by atoms with van der Waals surface area (Å²) in [4.78, 5) is 13.1. The maximum atomic E-state index is 11.9. The molecule has 1 aromatic rings. The van der Waals surface area contributed by atoms with E-state index < -0.39 is 11.5 Å². The molecule has 0 spiro atoms. The minimum absolute atomic E-state index is 0.278. The second-order valence-electron chi connectivity index (χ2n) is 6.04. The van der Waals surface area contributed by atoms with Crippen molar-refractivity contribution in [2.24, 2.45) is 5.92 Å². The number of carbonyl (C=O) groups is 1. The lowest BCUT2D eigenvalue weighted by Crippen LogP contribution is -2.56. The van der Waals surface area contributed by atoms with Gasteiger partial charge in [-0.1, -0.05) is 24.6 Å². The molecule has 0 amide bonds. The molecule has 2 N–H and O–H groups in total. The van der Waals surface area contributed by atoms with E-state index in [0.29, 0.717) is 5.75 Å². The van der Waals surface area contributed by atoms with Gasteiger partial charge in [0.05, 0.1) is 0 Å². The van der Waals surface area contributed by atoms with E-state index in [1.54, 1.807) is 11.8 Å². The first-order chi connectivity index (χ1) is 9.99. The third kappa shape index (κ3) is 3.80. The van der Waals surface area contributed by atoms with Gasteiger partial charge in [0.2, 0.25) is 0 Å². The molecule has 1 aliphatic rings. The van der Waals surface area contributed by atoms with Crippen LogP contribution in [0.3, 0.4) is 0 Å². The van der Waals surface area contributed by atoms with Gasteiger partial charge in [0, 0.05) is 10.6 Å². The van der Waals surface area contributed by atoms with Crippen LogP contribution in [0.5, 0.6) is 0 Å². The van der Waals surface area contributed by atoms with Crippen molar-refractivity contribution < 1.29 is 9.90 Å². The fourth-order valence-corrected chi connectivity index (χ4v) is 4.00. The molecule has 1 fully saturated rings. The predicted octanol–water partition coefficient (Wildman–Crippen LogP) is 3.63. The third-order valence-electron chi connectivity index (χ3n) is 4.13. The predicted molar refractivity (Wildman–Crippen MR) is 88.0 cm³/mol. The highest BCUT2D eigenvalue weighted by atomic mass is 32.2. The number of nitrogens with one attached hydrogen (secondary N) is 1. The monoisotopic (exact) mass is 307 g/mol. The summed E-state index contributed by atoms with van der Waals surface area (Å²) in [6, 6.07) is 6.35. The molecule has 0 radical (unpaired) electrons. The molecule has 1 aromatic carbocycles. The lowest BCUT2D eigenvalue weighted by atomic mass is 9.95. The molecule has 0 bridgehead atoms. The summed E-state index contributed by atoms with van der Waals surface area (Å²) in [6.45, 7) is 7.00. The zero-order chi connectivity index (χ0) is 15.5. The summed E-state index contributed by atoms with van der Waals surface area (Å²) in [6.07, 6.45) is 3.00. The van der Waals surface area contributed by atoms with Gasteiger partial charge in [-0.2, -0.15) is 0 Å². The van der Waals surface area contributed by atoms with Crippen LogP contribution in [0.15, 0.2) is 23.1 Å². The summed E-state index contributed by atoms with van der Waals surface area (Å²) in [5, 5.41) is 13.1. The minimum atomic E-state index is -0.766. The summed E-state index contributed by atoms with van der Waals surface area (Å²) >= 11 is 1.67. The highest BCUT2D eigenvalue weighted by Gasteiger charge is 2.50. The van der Waals surface area contributed by atoms with Gasteiger partial charge in [-0.25, -0.2) is 0 Å². The van der Waals surface area contributed by atoms with E-state index in [4.69, 9.17) is 0 Å². The Balaban J connectivity index is 2.13. The Labute approximate surface area is 131 Å². The first kappa shape index (κ1) is 16.4.